The highest BCUT2D eigenvalue weighted by Crippen LogP contribution is 2.33. The molecule has 0 spiro atoms. The minimum atomic E-state index is -4.66. The number of alkyl halides is 6. The molecule has 0 radical (unpaired) electrons. The summed E-state index contributed by atoms with van der Waals surface area (Å²) in [7, 11) is 1.20. The SMILES string of the molecule is CN[C@@](C(=O)O)(c1nc(Nc2cccc(C(F)(F)F)c2)nc(Nc2cccc(C(F)(F)F)c2)n1)[C@@H](C)O. The van der Waals surface area contributed by atoms with Crippen LogP contribution in [0.1, 0.15) is 23.9 Å². The average molecular weight is 530 g/mol. The molecule has 3 rings (SSSR count). The number of aliphatic hydroxyl groups is 1. The molecule has 0 unspecified atom stereocenters. The maximum atomic E-state index is 13.1. The van der Waals surface area contributed by atoms with Gasteiger partial charge in [0.25, 0.3) is 0 Å². The predicted molar refractivity (Wildman–Crippen MR) is 119 cm³/mol. The number of carbonyl (C=O) groups is 1. The third-order valence-corrected chi connectivity index (χ3v) is 5.24. The van der Waals surface area contributed by atoms with Crippen molar-refractivity contribution in [2.75, 3.05) is 17.7 Å². The third-order valence-electron chi connectivity index (χ3n) is 5.24. The van der Waals surface area contributed by atoms with Gasteiger partial charge in [-0.25, -0.2) is 4.79 Å². The zero-order valence-electron chi connectivity index (χ0n) is 19.1. The standard InChI is InChI=1S/C22H20F6N6O3/c1-11(35)20(29-2,17(36)37)16-32-18(30-14-7-3-5-12(9-14)21(23,24)25)34-19(33-16)31-15-8-4-6-13(10-15)22(26,27)28/h3-11,29,35H,1-2H3,(H,36,37)(H2,30,31,32,33,34)/t11-,20-/m1/s1. The monoisotopic (exact) mass is 530 g/mol. The first-order chi connectivity index (χ1) is 17.2. The van der Waals surface area contributed by atoms with Crippen molar-refractivity contribution in [3.05, 3.63) is 65.5 Å². The molecule has 2 aromatic carbocycles. The molecule has 0 aliphatic rings. The van der Waals surface area contributed by atoms with E-state index in [0.29, 0.717) is 0 Å². The highest BCUT2D eigenvalue weighted by atomic mass is 19.4. The van der Waals surface area contributed by atoms with Crippen molar-refractivity contribution in [2.24, 2.45) is 0 Å². The molecule has 0 saturated carbocycles. The lowest BCUT2D eigenvalue weighted by atomic mass is 9.92. The number of aromatic nitrogens is 3. The van der Waals surface area contributed by atoms with Crippen molar-refractivity contribution in [1.29, 1.82) is 0 Å². The van der Waals surface area contributed by atoms with Gasteiger partial charge in [-0.1, -0.05) is 12.1 Å². The molecule has 1 heterocycles. The zero-order valence-corrected chi connectivity index (χ0v) is 19.1. The number of carboxylic acid groups (broad SMARTS) is 1. The van der Waals surface area contributed by atoms with Crippen LogP contribution in [0.25, 0.3) is 0 Å². The molecule has 3 aromatic rings. The Labute approximate surface area is 205 Å². The summed E-state index contributed by atoms with van der Waals surface area (Å²) in [5, 5.41) is 27.5. The van der Waals surface area contributed by atoms with Gasteiger partial charge in [-0.15, -0.1) is 0 Å². The van der Waals surface area contributed by atoms with Crippen LogP contribution >= 0.6 is 0 Å². The maximum absolute atomic E-state index is 13.1. The molecule has 0 aliphatic carbocycles. The molecule has 0 fully saturated rings. The number of rotatable bonds is 8. The molecular formula is C22H20F6N6O3. The van der Waals surface area contributed by atoms with Crippen LogP contribution in [0.4, 0.5) is 49.6 Å². The second-order valence-corrected chi connectivity index (χ2v) is 7.75. The number of likely N-dealkylation sites (N-methyl/N-ethyl adjacent to an activating group) is 1. The molecule has 0 bridgehead atoms. The van der Waals surface area contributed by atoms with E-state index in [2.05, 4.69) is 30.9 Å². The molecule has 37 heavy (non-hydrogen) atoms. The summed E-state index contributed by atoms with van der Waals surface area (Å²) in [4.78, 5) is 24.0. The molecule has 0 aliphatic heterocycles. The summed E-state index contributed by atoms with van der Waals surface area (Å²) in [5.41, 5.74) is -4.54. The molecule has 0 saturated heterocycles. The fourth-order valence-electron chi connectivity index (χ4n) is 3.36. The molecule has 0 amide bonds. The minimum absolute atomic E-state index is 0.126. The zero-order chi connectivity index (χ0) is 27.6. The van der Waals surface area contributed by atoms with Gasteiger partial charge in [0.2, 0.25) is 17.4 Å². The third kappa shape index (κ3) is 6.06. The van der Waals surface area contributed by atoms with Crippen LogP contribution in [0.3, 0.4) is 0 Å². The largest absolute Gasteiger partial charge is 0.479 e. The molecule has 5 N–H and O–H groups in total. The van der Waals surface area contributed by atoms with Crippen LogP contribution in [0.5, 0.6) is 0 Å². The number of halogens is 6. The van der Waals surface area contributed by atoms with E-state index in [1.165, 1.54) is 19.2 Å². The highest BCUT2D eigenvalue weighted by molar-refractivity contribution is 5.80. The second-order valence-electron chi connectivity index (χ2n) is 7.75. The lowest BCUT2D eigenvalue weighted by Gasteiger charge is -2.30. The number of aliphatic carboxylic acids is 1. The molecule has 15 heteroatoms. The van der Waals surface area contributed by atoms with Crippen LogP contribution in [0, 0.1) is 0 Å². The van der Waals surface area contributed by atoms with Crippen molar-refractivity contribution >= 4 is 29.2 Å². The Morgan fingerprint density at radius 2 is 1.27 bits per heavy atom. The fraction of sp³-hybridized carbons (Fsp3) is 0.273. The molecule has 2 atom stereocenters. The van der Waals surface area contributed by atoms with Gasteiger partial charge in [-0.2, -0.15) is 41.3 Å². The quantitative estimate of drug-likeness (QED) is 0.271. The van der Waals surface area contributed by atoms with Gasteiger partial charge in [-0.3, -0.25) is 5.32 Å². The summed E-state index contributed by atoms with van der Waals surface area (Å²) in [5.74, 6) is -3.07. The number of carboxylic acids is 1. The Kier molecular flexibility index (Phi) is 7.59. The average Bonchev–Trinajstić information content (AvgIpc) is 2.78. The summed E-state index contributed by atoms with van der Waals surface area (Å²) in [6.45, 7) is 1.13. The Bertz CT molecular complexity index is 1210. The minimum Gasteiger partial charge on any atom is -0.479 e. The lowest BCUT2D eigenvalue weighted by molar-refractivity contribution is -0.150. The number of benzene rings is 2. The van der Waals surface area contributed by atoms with Gasteiger partial charge in [-0.05, 0) is 50.4 Å². The van der Waals surface area contributed by atoms with E-state index < -0.39 is 58.8 Å². The summed E-state index contributed by atoms with van der Waals surface area (Å²) in [6.07, 6.45) is -11.0. The van der Waals surface area contributed by atoms with Crippen molar-refractivity contribution in [3.8, 4) is 0 Å². The first-order valence-electron chi connectivity index (χ1n) is 10.4. The Morgan fingerprint density at radius 1 is 0.838 bits per heavy atom. The van der Waals surface area contributed by atoms with E-state index in [4.69, 9.17) is 0 Å². The summed E-state index contributed by atoms with van der Waals surface area (Å²) in [6, 6.07) is 7.90. The second kappa shape index (κ2) is 10.2. The van der Waals surface area contributed by atoms with Gasteiger partial charge < -0.3 is 20.8 Å². The van der Waals surface area contributed by atoms with Crippen LogP contribution in [0.15, 0.2) is 48.5 Å². The lowest BCUT2D eigenvalue weighted by Crippen LogP contribution is -2.56. The van der Waals surface area contributed by atoms with Crippen molar-refractivity contribution in [3.63, 3.8) is 0 Å². The Morgan fingerprint density at radius 3 is 1.59 bits per heavy atom. The highest BCUT2D eigenvalue weighted by Gasteiger charge is 2.47. The van der Waals surface area contributed by atoms with E-state index in [0.717, 1.165) is 43.3 Å². The number of hydrogen-bond acceptors (Lipinski definition) is 8. The van der Waals surface area contributed by atoms with E-state index in [1.54, 1.807) is 0 Å². The number of anilines is 4. The Balaban J connectivity index is 2.13. The molecule has 9 nitrogen and oxygen atoms in total. The molecule has 1 aromatic heterocycles. The summed E-state index contributed by atoms with van der Waals surface area (Å²) >= 11 is 0. The fourth-order valence-corrected chi connectivity index (χ4v) is 3.36. The van der Waals surface area contributed by atoms with E-state index in [9.17, 15) is 41.4 Å². The smallest absolute Gasteiger partial charge is 0.416 e. The number of hydrogen-bond donors (Lipinski definition) is 5. The van der Waals surface area contributed by atoms with Crippen LogP contribution in [0.2, 0.25) is 0 Å². The van der Waals surface area contributed by atoms with Gasteiger partial charge >= 0.3 is 18.3 Å². The van der Waals surface area contributed by atoms with Gasteiger partial charge in [0.05, 0.1) is 17.2 Å². The van der Waals surface area contributed by atoms with E-state index in [1.807, 2.05) is 0 Å². The van der Waals surface area contributed by atoms with Crippen LogP contribution in [-0.2, 0) is 22.7 Å². The normalized spacial score (nSPS) is 14.5. The topological polar surface area (TPSA) is 132 Å². The van der Waals surface area contributed by atoms with E-state index >= 15 is 0 Å². The van der Waals surface area contributed by atoms with Crippen molar-refractivity contribution < 1.29 is 41.4 Å². The first kappa shape index (κ1) is 27.6. The first-order valence-corrected chi connectivity index (χ1v) is 10.4. The molecular weight excluding hydrogens is 510 g/mol. The van der Waals surface area contributed by atoms with Gasteiger partial charge in [0.1, 0.15) is 0 Å². The summed E-state index contributed by atoms with van der Waals surface area (Å²) < 4.78 is 78.7. The van der Waals surface area contributed by atoms with Gasteiger partial charge in [0.15, 0.2) is 5.82 Å². The van der Waals surface area contributed by atoms with E-state index in [-0.39, 0.29) is 11.4 Å². The number of aliphatic hydroxyl groups excluding tert-OH is 1. The number of nitrogens with zero attached hydrogens (tertiary/aromatic N) is 3. The predicted octanol–water partition coefficient (Wildman–Crippen LogP) is 4.28. The van der Waals surface area contributed by atoms with Crippen molar-refractivity contribution in [1.82, 2.24) is 20.3 Å². The van der Waals surface area contributed by atoms with Crippen molar-refractivity contribution in [2.45, 2.75) is 30.9 Å². The van der Waals surface area contributed by atoms with Crippen LogP contribution in [-0.4, -0.2) is 44.3 Å². The maximum Gasteiger partial charge on any atom is 0.416 e. The van der Waals surface area contributed by atoms with Crippen LogP contribution < -0.4 is 16.0 Å². The van der Waals surface area contributed by atoms with Gasteiger partial charge in [0, 0.05) is 11.4 Å². The molecule has 198 valence electrons. The Hall–Kier alpha value is -3.98. The number of nitrogens with one attached hydrogen (secondary N) is 3.